The molecule has 5 rings (SSSR count). The van der Waals surface area contributed by atoms with Crippen LogP contribution in [0.1, 0.15) is 44.7 Å². The van der Waals surface area contributed by atoms with E-state index in [1.54, 1.807) is 0 Å². The van der Waals surface area contributed by atoms with Gasteiger partial charge in [0, 0.05) is 40.9 Å². The van der Waals surface area contributed by atoms with E-state index in [2.05, 4.69) is 75.9 Å². The molecule has 2 aliphatic heterocycles. The van der Waals surface area contributed by atoms with Gasteiger partial charge in [-0.25, -0.2) is 0 Å². The molecule has 0 radical (unpaired) electrons. The zero-order chi connectivity index (χ0) is 17.5. The van der Waals surface area contributed by atoms with Crippen molar-refractivity contribution in [2.24, 2.45) is 11.3 Å². The van der Waals surface area contributed by atoms with Crippen LogP contribution in [-0.2, 0) is 0 Å². The maximum Gasteiger partial charge on any atom is 0.139 e. The van der Waals surface area contributed by atoms with Gasteiger partial charge in [-0.05, 0) is 43.7 Å². The number of hydrogen-bond donors (Lipinski definition) is 0. The first-order valence-electron chi connectivity index (χ1n) is 9.60. The monoisotopic (exact) mass is 333 g/mol. The van der Waals surface area contributed by atoms with Gasteiger partial charge in [0.1, 0.15) is 11.2 Å². The largest absolute Gasteiger partial charge is 0.456 e. The van der Waals surface area contributed by atoms with Gasteiger partial charge in [0.15, 0.2) is 0 Å². The minimum atomic E-state index is 0.316. The first-order valence-corrected chi connectivity index (χ1v) is 9.60. The summed E-state index contributed by atoms with van der Waals surface area (Å²) in [6.45, 7) is 13.2. The van der Waals surface area contributed by atoms with Crippen molar-refractivity contribution in [2.45, 2.75) is 52.6 Å². The topological polar surface area (TPSA) is 16.4 Å². The summed E-state index contributed by atoms with van der Waals surface area (Å²) in [6.07, 6.45) is 0. The maximum absolute atomic E-state index is 6.42. The number of fused-ring (bicyclic) bond motifs is 5. The number of para-hydroxylation sites is 1. The van der Waals surface area contributed by atoms with Crippen molar-refractivity contribution in [2.75, 3.05) is 6.54 Å². The van der Waals surface area contributed by atoms with Crippen molar-refractivity contribution in [3.05, 3.63) is 47.5 Å². The second-order valence-electron chi connectivity index (χ2n) is 8.70. The molecule has 2 saturated heterocycles. The first-order chi connectivity index (χ1) is 11.9. The molecule has 5 unspecified atom stereocenters. The standard InChI is InChI=1S/C23H27NO/c1-13-10-11-18-17-8-6-7-9-19(17)25-22(18)20(13)21-16(4)24-12-23(21,5)14(2)15(24)3/h6-11,14-16,21H,12H2,1-5H3/t14?,15?,16-,21?,23?/m1/s1. The van der Waals surface area contributed by atoms with Crippen molar-refractivity contribution in [1.29, 1.82) is 0 Å². The predicted octanol–water partition coefficient (Wildman–Crippen LogP) is 5.73. The molecule has 0 saturated carbocycles. The summed E-state index contributed by atoms with van der Waals surface area (Å²) >= 11 is 0. The molecule has 0 amide bonds. The van der Waals surface area contributed by atoms with Gasteiger partial charge in [-0.1, -0.05) is 44.2 Å². The van der Waals surface area contributed by atoms with Crippen LogP contribution in [0, 0.1) is 18.3 Å². The zero-order valence-corrected chi connectivity index (χ0v) is 15.8. The van der Waals surface area contributed by atoms with Crippen LogP contribution in [-0.4, -0.2) is 23.5 Å². The summed E-state index contributed by atoms with van der Waals surface area (Å²) in [7, 11) is 0. The van der Waals surface area contributed by atoms with E-state index in [0.717, 1.165) is 11.2 Å². The van der Waals surface area contributed by atoms with Crippen LogP contribution in [0.5, 0.6) is 0 Å². The molecule has 2 heteroatoms. The third-order valence-electron chi connectivity index (χ3n) is 7.64. The lowest BCUT2D eigenvalue weighted by atomic mass is 9.63. The highest BCUT2D eigenvalue weighted by Gasteiger charge is 2.60. The smallest absolute Gasteiger partial charge is 0.139 e. The highest BCUT2D eigenvalue weighted by molar-refractivity contribution is 6.06. The van der Waals surface area contributed by atoms with Crippen molar-refractivity contribution in [3.8, 4) is 0 Å². The number of aryl methyl sites for hydroxylation is 1. The van der Waals surface area contributed by atoms with Crippen LogP contribution >= 0.6 is 0 Å². The number of furan rings is 1. The van der Waals surface area contributed by atoms with Gasteiger partial charge in [-0.15, -0.1) is 0 Å². The van der Waals surface area contributed by atoms with Crippen LogP contribution in [0.15, 0.2) is 40.8 Å². The second kappa shape index (κ2) is 4.88. The third kappa shape index (κ3) is 1.79. The minimum absolute atomic E-state index is 0.316. The Hall–Kier alpha value is -1.80. The number of piperidine rings is 1. The predicted molar refractivity (Wildman–Crippen MR) is 104 cm³/mol. The molecular formula is C23H27NO. The molecule has 2 aromatic carbocycles. The molecule has 2 aliphatic rings. The van der Waals surface area contributed by atoms with Crippen molar-refractivity contribution < 1.29 is 4.42 Å². The van der Waals surface area contributed by atoms with Crippen molar-refractivity contribution in [1.82, 2.24) is 4.90 Å². The Morgan fingerprint density at radius 2 is 1.76 bits per heavy atom. The van der Waals surface area contributed by atoms with E-state index in [-0.39, 0.29) is 0 Å². The quantitative estimate of drug-likeness (QED) is 0.566. The lowest BCUT2D eigenvalue weighted by molar-refractivity contribution is 0.112. The van der Waals surface area contributed by atoms with Crippen LogP contribution in [0.2, 0.25) is 0 Å². The van der Waals surface area contributed by atoms with Gasteiger partial charge >= 0.3 is 0 Å². The molecule has 0 N–H and O–H groups in total. The van der Waals surface area contributed by atoms with Gasteiger partial charge < -0.3 is 4.42 Å². The number of hydrogen-bond acceptors (Lipinski definition) is 2. The Balaban J connectivity index is 1.80. The van der Waals surface area contributed by atoms with Gasteiger partial charge in [-0.2, -0.15) is 0 Å². The van der Waals surface area contributed by atoms with E-state index < -0.39 is 0 Å². The van der Waals surface area contributed by atoms with E-state index in [1.807, 2.05) is 0 Å². The zero-order valence-electron chi connectivity index (χ0n) is 15.8. The van der Waals surface area contributed by atoms with E-state index in [9.17, 15) is 0 Å². The average Bonchev–Trinajstić information content (AvgIpc) is 3.17. The number of rotatable bonds is 1. The number of nitrogens with zero attached hydrogens (tertiary/aromatic N) is 1. The summed E-state index contributed by atoms with van der Waals surface area (Å²) in [6, 6.07) is 14.2. The molecule has 0 aliphatic carbocycles. The van der Waals surface area contributed by atoms with Crippen LogP contribution < -0.4 is 0 Å². The van der Waals surface area contributed by atoms with Crippen molar-refractivity contribution >= 4 is 21.9 Å². The van der Waals surface area contributed by atoms with Crippen molar-refractivity contribution in [3.63, 3.8) is 0 Å². The third-order valence-corrected chi connectivity index (χ3v) is 7.64. The summed E-state index contributed by atoms with van der Waals surface area (Å²) in [5.74, 6) is 1.23. The minimum Gasteiger partial charge on any atom is -0.456 e. The lowest BCUT2D eigenvalue weighted by Crippen LogP contribution is -2.45. The summed E-state index contributed by atoms with van der Waals surface area (Å²) in [4.78, 5) is 2.72. The highest BCUT2D eigenvalue weighted by Crippen LogP contribution is 2.60. The van der Waals surface area contributed by atoms with E-state index in [1.165, 1.54) is 28.4 Å². The normalized spacial score (nSPS) is 37.4. The molecule has 3 aromatic rings. The average molecular weight is 333 g/mol. The van der Waals surface area contributed by atoms with Crippen LogP contribution in [0.25, 0.3) is 21.9 Å². The molecule has 130 valence electrons. The van der Waals surface area contributed by atoms with Gasteiger partial charge in [0.05, 0.1) is 0 Å². The Morgan fingerprint density at radius 3 is 2.52 bits per heavy atom. The summed E-state index contributed by atoms with van der Waals surface area (Å²) in [5, 5.41) is 2.51. The maximum atomic E-state index is 6.42. The van der Waals surface area contributed by atoms with E-state index in [0.29, 0.717) is 29.3 Å². The van der Waals surface area contributed by atoms with Crippen LogP contribution in [0.3, 0.4) is 0 Å². The molecule has 3 heterocycles. The molecule has 6 atom stereocenters. The number of benzene rings is 2. The molecule has 1 aromatic heterocycles. The lowest BCUT2D eigenvalue weighted by Gasteiger charge is -2.44. The fourth-order valence-electron chi connectivity index (χ4n) is 6.02. The molecule has 2 fully saturated rings. The molecular weight excluding hydrogens is 306 g/mol. The Kier molecular flexibility index (Phi) is 3.02. The van der Waals surface area contributed by atoms with Gasteiger partial charge in [-0.3, -0.25) is 4.90 Å². The molecule has 0 spiro atoms. The molecule has 2 nitrogen and oxygen atoms in total. The van der Waals surface area contributed by atoms with Gasteiger partial charge in [0.25, 0.3) is 0 Å². The fraction of sp³-hybridized carbons (Fsp3) is 0.478. The van der Waals surface area contributed by atoms with E-state index in [4.69, 9.17) is 4.42 Å². The first kappa shape index (κ1) is 15.5. The molecule has 25 heavy (non-hydrogen) atoms. The SMILES string of the molecule is Cc1ccc2c(oc3ccccc32)c1C1[C@@H](C)N2CC1(C)C(C)C2C. The van der Waals surface area contributed by atoms with Crippen LogP contribution in [0.4, 0.5) is 0 Å². The Morgan fingerprint density at radius 1 is 1.00 bits per heavy atom. The van der Waals surface area contributed by atoms with E-state index >= 15 is 0 Å². The Bertz CT molecular complexity index is 986. The fourth-order valence-corrected chi connectivity index (χ4v) is 6.02. The van der Waals surface area contributed by atoms with Gasteiger partial charge in [0.2, 0.25) is 0 Å². The second-order valence-corrected chi connectivity index (χ2v) is 8.70. The Labute approximate surface area is 149 Å². The molecule has 2 bridgehead atoms. The highest BCUT2D eigenvalue weighted by atomic mass is 16.3. The summed E-state index contributed by atoms with van der Waals surface area (Å²) < 4.78 is 6.42. The summed E-state index contributed by atoms with van der Waals surface area (Å²) in [5.41, 5.74) is 5.26.